The van der Waals surface area contributed by atoms with E-state index in [0.717, 1.165) is 16.9 Å². The summed E-state index contributed by atoms with van der Waals surface area (Å²) in [6, 6.07) is 9.81. The van der Waals surface area contributed by atoms with Gasteiger partial charge >= 0.3 is 0 Å². The van der Waals surface area contributed by atoms with E-state index in [-0.39, 0.29) is 0 Å². The molecule has 4 nitrogen and oxygen atoms in total. The molecular weight excluding hydrogens is 228 g/mol. The normalized spacial score (nSPS) is 10.3. The Labute approximate surface area is 106 Å². The van der Waals surface area contributed by atoms with Crippen molar-refractivity contribution in [2.45, 2.75) is 6.42 Å². The molecule has 0 spiro atoms. The van der Waals surface area contributed by atoms with Crippen LogP contribution in [-0.2, 0) is 6.42 Å². The molecule has 0 fully saturated rings. The molecule has 1 aromatic heterocycles. The highest BCUT2D eigenvalue weighted by molar-refractivity contribution is 5.63. The van der Waals surface area contributed by atoms with Crippen molar-refractivity contribution in [3.63, 3.8) is 0 Å². The van der Waals surface area contributed by atoms with Gasteiger partial charge in [0, 0.05) is 12.1 Å². The standard InChI is InChI=1S/C14H16N2O2/c1-2-6-12-13(11-7-4-3-5-8-11)18-16-14(12)17-10-9-15/h2-5,7-8H,1,6,9-10,15H2. The smallest absolute Gasteiger partial charge is 0.258 e. The Morgan fingerprint density at radius 1 is 1.33 bits per heavy atom. The summed E-state index contributed by atoms with van der Waals surface area (Å²) in [6.45, 7) is 4.61. The average molecular weight is 244 g/mol. The van der Waals surface area contributed by atoms with E-state index in [0.29, 0.717) is 25.5 Å². The summed E-state index contributed by atoms with van der Waals surface area (Å²) in [7, 11) is 0. The minimum absolute atomic E-state index is 0.422. The molecule has 0 amide bonds. The predicted molar refractivity (Wildman–Crippen MR) is 70.4 cm³/mol. The lowest BCUT2D eigenvalue weighted by atomic mass is 10.1. The largest absolute Gasteiger partial charge is 0.474 e. The van der Waals surface area contributed by atoms with Crippen molar-refractivity contribution in [3.05, 3.63) is 48.6 Å². The maximum absolute atomic E-state index is 5.46. The minimum atomic E-state index is 0.422. The van der Waals surface area contributed by atoms with Gasteiger partial charge < -0.3 is 15.0 Å². The zero-order chi connectivity index (χ0) is 12.8. The molecule has 0 aliphatic carbocycles. The van der Waals surface area contributed by atoms with Crippen LogP contribution in [0.5, 0.6) is 5.88 Å². The zero-order valence-electron chi connectivity index (χ0n) is 10.1. The van der Waals surface area contributed by atoms with Gasteiger partial charge in [0.1, 0.15) is 6.61 Å². The fraction of sp³-hybridized carbons (Fsp3) is 0.214. The maximum atomic E-state index is 5.46. The van der Waals surface area contributed by atoms with Crippen LogP contribution in [0.25, 0.3) is 11.3 Å². The van der Waals surface area contributed by atoms with Gasteiger partial charge in [-0.15, -0.1) is 6.58 Å². The Bertz CT molecular complexity index is 506. The van der Waals surface area contributed by atoms with E-state index in [1.807, 2.05) is 30.3 Å². The lowest BCUT2D eigenvalue weighted by molar-refractivity contribution is 0.287. The van der Waals surface area contributed by atoms with E-state index in [2.05, 4.69) is 11.7 Å². The number of nitrogens with zero attached hydrogens (tertiary/aromatic N) is 1. The molecule has 0 saturated carbocycles. The molecule has 18 heavy (non-hydrogen) atoms. The highest BCUT2D eigenvalue weighted by atomic mass is 16.5. The monoisotopic (exact) mass is 244 g/mol. The van der Waals surface area contributed by atoms with Gasteiger partial charge in [-0.2, -0.15) is 0 Å². The van der Waals surface area contributed by atoms with Gasteiger partial charge in [0.2, 0.25) is 0 Å². The second-order valence-corrected chi connectivity index (χ2v) is 3.79. The van der Waals surface area contributed by atoms with Gasteiger partial charge in [-0.25, -0.2) is 0 Å². The third-order valence-corrected chi connectivity index (χ3v) is 2.49. The fourth-order valence-electron chi connectivity index (χ4n) is 1.70. The Morgan fingerprint density at radius 2 is 2.11 bits per heavy atom. The summed E-state index contributed by atoms with van der Waals surface area (Å²) in [5, 5.41) is 3.95. The van der Waals surface area contributed by atoms with Gasteiger partial charge in [0.05, 0.1) is 5.56 Å². The van der Waals surface area contributed by atoms with E-state index in [1.165, 1.54) is 0 Å². The number of nitrogens with two attached hydrogens (primary N) is 1. The van der Waals surface area contributed by atoms with E-state index in [1.54, 1.807) is 6.08 Å². The van der Waals surface area contributed by atoms with Crippen molar-refractivity contribution in [1.29, 1.82) is 0 Å². The van der Waals surface area contributed by atoms with Crippen molar-refractivity contribution < 1.29 is 9.26 Å². The molecule has 1 heterocycles. The van der Waals surface area contributed by atoms with Gasteiger partial charge in [-0.1, -0.05) is 36.4 Å². The van der Waals surface area contributed by atoms with E-state index in [9.17, 15) is 0 Å². The first-order valence-corrected chi connectivity index (χ1v) is 5.84. The van der Waals surface area contributed by atoms with Crippen molar-refractivity contribution in [1.82, 2.24) is 5.16 Å². The lowest BCUT2D eigenvalue weighted by Crippen LogP contribution is -2.11. The Morgan fingerprint density at radius 3 is 2.78 bits per heavy atom. The molecule has 0 radical (unpaired) electrons. The third-order valence-electron chi connectivity index (χ3n) is 2.49. The molecule has 0 saturated heterocycles. The molecule has 0 aliphatic heterocycles. The second-order valence-electron chi connectivity index (χ2n) is 3.79. The molecule has 1 aromatic carbocycles. The summed E-state index contributed by atoms with van der Waals surface area (Å²) in [5.41, 5.74) is 7.30. The predicted octanol–water partition coefficient (Wildman–Crippen LogP) is 2.41. The third kappa shape index (κ3) is 2.60. The minimum Gasteiger partial charge on any atom is -0.474 e. The summed E-state index contributed by atoms with van der Waals surface area (Å²) in [6.07, 6.45) is 2.45. The number of aromatic nitrogens is 1. The van der Waals surface area contributed by atoms with Crippen LogP contribution < -0.4 is 10.5 Å². The summed E-state index contributed by atoms with van der Waals surface area (Å²) in [5.74, 6) is 1.22. The number of hydrogen-bond donors (Lipinski definition) is 1. The van der Waals surface area contributed by atoms with Crippen LogP contribution in [0.2, 0.25) is 0 Å². The SMILES string of the molecule is C=CCc1c(OCCN)noc1-c1ccccc1. The Hall–Kier alpha value is -2.07. The van der Waals surface area contributed by atoms with E-state index in [4.69, 9.17) is 15.0 Å². The van der Waals surface area contributed by atoms with Gasteiger partial charge in [-0.05, 0) is 11.6 Å². The van der Waals surface area contributed by atoms with Crippen LogP contribution >= 0.6 is 0 Å². The molecule has 0 unspecified atom stereocenters. The summed E-state index contributed by atoms with van der Waals surface area (Å²) < 4.78 is 10.8. The summed E-state index contributed by atoms with van der Waals surface area (Å²) in [4.78, 5) is 0. The quantitative estimate of drug-likeness (QED) is 0.793. The van der Waals surface area contributed by atoms with E-state index < -0.39 is 0 Å². The highest BCUT2D eigenvalue weighted by Crippen LogP contribution is 2.31. The van der Waals surface area contributed by atoms with E-state index >= 15 is 0 Å². The average Bonchev–Trinajstić information content (AvgIpc) is 2.81. The van der Waals surface area contributed by atoms with Gasteiger partial charge in [-0.3, -0.25) is 0 Å². The molecule has 4 heteroatoms. The number of hydrogen-bond acceptors (Lipinski definition) is 4. The van der Waals surface area contributed by atoms with Gasteiger partial charge in [0.15, 0.2) is 5.76 Å². The second kappa shape index (κ2) is 6.02. The molecule has 0 atom stereocenters. The van der Waals surface area contributed by atoms with Crippen LogP contribution in [0.3, 0.4) is 0 Å². The maximum Gasteiger partial charge on any atom is 0.258 e. The molecule has 2 N–H and O–H groups in total. The first-order chi connectivity index (χ1) is 8.86. The Kier molecular flexibility index (Phi) is 4.15. The van der Waals surface area contributed by atoms with Crippen LogP contribution in [-0.4, -0.2) is 18.3 Å². The number of rotatable bonds is 6. The van der Waals surface area contributed by atoms with Crippen molar-refractivity contribution >= 4 is 0 Å². The molecule has 94 valence electrons. The first-order valence-electron chi connectivity index (χ1n) is 5.84. The lowest BCUT2D eigenvalue weighted by Gasteiger charge is -2.02. The Balaban J connectivity index is 2.35. The number of benzene rings is 1. The number of allylic oxidation sites excluding steroid dienone is 1. The molecule has 2 rings (SSSR count). The summed E-state index contributed by atoms with van der Waals surface area (Å²) >= 11 is 0. The van der Waals surface area contributed by atoms with Crippen LogP contribution in [0.4, 0.5) is 0 Å². The fourth-order valence-corrected chi connectivity index (χ4v) is 1.70. The van der Waals surface area contributed by atoms with Crippen molar-refractivity contribution in [3.8, 4) is 17.2 Å². The van der Waals surface area contributed by atoms with Crippen LogP contribution in [0.15, 0.2) is 47.5 Å². The molecule has 0 aliphatic rings. The zero-order valence-corrected chi connectivity index (χ0v) is 10.1. The molecule has 0 bridgehead atoms. The van der Waals surface area contributed by atoms with Crippen LogP contribution in [0, 0.1) is 0 Å². The topological polar surface area (TPSA) is 61.3 Å². The van der Waals surface area contributed by atoms with Gasteiger partial charge in [0.25, 0.3) is 5.88 Å². The van der Waals surface area contributed by atoms with Crippen LogP contribution in [0.1, 0.15) is 5.56 Å². The molecular formula is C14H16N2O2. The van der Waals surface area contributed by atoms with Crippen molar-refractivity contribution in [2.24, 2.45) is 5.73 Å². The highest BCUT2D eigenvalue weighted by Gasteiger charge is 2.17. The van der Waals surface area contributed by atoms with Crippen molar-refractivity contribution in [2.75, 3.05) is 13.2 Å². The number of ether oxygens (including phenoxy) is 1. The molecule has 2 aromatic rings. The first kappa shape index (κ1) is 12.4.